The lowest BCUT2D eigenvalue weighted by Gasteiger charge is -2.33. The fourth-order valence-corrected chi connectivity index (χ4v) is 3.73. The summed E-state index contributed by atoms with van der Waals surface area (Å²) in [6.07, 6.45) is 3.57. The largest absolute Gasteiger partial charge is 0.451 e. The Morgan fingerprint density at radius 3 is 2.63 bits per heavy atom. The summed E-state index contributed by atoms with van der Waals surface area (Å²) in [5.74, 6) is -1.47. The van der Waals surface area contributed by atoms with Crippen LogP contribution >= 0.6 is 0 Å². The maximum absolute atomic E-state index is 12.4. The Balaban J connectivity index is 2.09. The van der Waals surface area contributed by atoms with Crippen molar-refractivity contribution in [2.24, 2.45) is 11.7 Å². The van der Waals surface area contributed by atoms with Crippen molar-refractivity contribution in [2.75, 3.05) is 13.2 Å². The van der Waals surface area contributed by atoms with Gasteiger partial charge in [0.2, 0.25) is 5.91 Å². The summed E-state index contributed by atoms with van der Waals surface area (Å²) in [6.45, 7) is 8.85. The maximum Gasteiger partial charge on any atom is 0.349 e. The molecule has 0 unspecified atom stereocenters. The van der Waals surface area contributed by atoms with Gasteiger partial charge in [-0.25, -0.2) is 4.79 Å². The Hall–Kier alpha value is -3.08. The first-order chi connectivity index (χ1) is 14.1. The van der Waals surface area contributed by atoms with Crippen molar-refractivity contribution in [3.8, 4) is 6.07 Å². The van der Waals surface area contributed by atoms with Crippen molar-refractivity contribution >= 4 is 23.9 Å². The first-order valence-electron chi connectivity index (χ1n) is 10.2. The van der Waals surface area contributed by atoms with E-state index in [2.05, 4.69) is 18.4 Å². The fourth-order valence-electron chi connectivity index (χ4n) is 3.73. The van der Waals surface area contributed by atoms with Crippen LogP contribution in [0.25, 0.3) is 6.08 Å². The van der Waals surface area contributed by atoms with Gasteiger partial charge in [-0.2, -0.15) is 5.26 Å². The third-order valence-electron chi connectivity index (χ3n) is 5.28. The molecule has 0 spiro atoms. The van der Waals surface area contributed by atoms with Gasteiger partial charge in [-0.1, -0.05) is 13.8 Å². The number of hydrogen-bond acceptors (Lipinski definition) is 5. The molecule has 30 heavy (non-hydrogen) atoms. The minimum absolute atomic E-state index is 0.183. The number of nitrogens with zero attached hydrogens (tertiary/aromatic N) is 3. The van der Waals surface area contributed by atoms with Gasteiger partial charge in [-0.15, -0.1) is 0 Å². The zero-order valence-electron chi connectivity index (χ0n) is 18.1. The zero-order valence-corrected chi connectivity index (χ0v) is 18.1. The molecule has 2 N–H and O–H groups in total. The van der Waals surface area contributed by atoms with Gasteiger partial charge in [0, 0.05) is 24.5 Å². The summed E-state index contributed by atoms with van der Waals surface area (Å²) >= 11 is 0. The second kappa shape index (κ2) is 10.1. The average molecular weight is 415 g/mol. The lowest BCUT2D eigenvalue weighted by atomic mass is 10.0. The highest BCUT2D eigenvalue weighted by atomic mass is 16.5. The van der Waals surface area contributed by atoms with Crippen LogP contribution in [0.2, 0.25) is 0 Å². The number of aromatic nitrogens is 1. The molecule has 0 aliphatic carbocycles. The number of nitriles is 1. The molecule has 8 nitrogen and oxygen atoms in total. The molecule has 1 aliphatic rings. The van der Waals surface area contributed by atoms with Gasteiger partial charge in [0.05, 0.1) is 0 Å². The number of hydrogen-bond donors (Lipinski definition) is 1. The van der Waals surface area contributed by atoms with Gasteiger partial charge in [-0.3, -0.25) is 9.59 Å². The van der Waals surface area contributed by atoms with Crippen LogP contribution in [-0.2, 0) is 25.7 Å². The van der Waals surface area contributed by atoms with Crippen LogP contribution in [0.3, 0.4) is 0 Å². The lowest BCUT2D eigenvalue weighted by Crippen LogP contribution is -2.51. The van der Waals surface area contributed by atoms with E-state index in [0.717, 1.165) is 36.3 Å². The quantitative estimate of drug-likeness (QED) is 0.416. The monoisotopic (exact) mass is 414 g/mol. The summed E-state index contributed by atoms with van der Waals surface area (Å²) in [5.41, 5.74) is 7.94. The van der Waals surface area contributed by atoms with Gasteiger partial charge < -0.3 is 19.9 Å². The third kappa shape index (κ3) is 5.50. The molecule has 1 aromatic heterocycles. The summed E-state index contributed by atoms with van der Waals surface area (Å²) in [5, 5.41) is 9.42. The highest BCUT2D eigenvalue weighted by Crippen LogP contribution is 2.20. The van der Waals surface area contributed by atoms with Crippen molar-refractivity contribution in [3.05, 3.63) is 28.6 Å². The van der Waals surface area contributed by atoms with Crippen LogP contribution in [0.1, 0.15) is 50.1 Å². The highest BCUT2D eigenvalue weighted by Gasteiger charge is 2.31. The molecule has 0 aromatic carbocycles. The number of aryl methyl sites for hydroxylation is 1. The third-order valence-corrected chi connectivity index (χ3v) is 5.28. The zero-order chi connectivity index (χ0) is 22.4. The number of amides is 2. The molecule has 2 rings (SSSR count). The number of piperidine rings is 1. The lowest BCUT2D eigenvalue weighted by molar-refractivity contribution is -0.152. The molecule has 0 bridgehead atoms. The number of rotatable bonds is 7. The molecule has 1 aromatic rings. The molecule has 0 saturated carbocycles. The van der Waals surface area contributed by atoms with Crippen molar-refractivity contribution < 1.29 is 19.1 Å². The van der Waals surface area contributed by atoms with E-state index in [0.29, 0.717) is 18.9 Å². The van der Waals surface area contributed by atoms with E-state index in [4.69, 9.17) is 10.5 Å². The first-order valence-corrected chi connectivity index (χ1v) is 10.2. The smallest absolute Gasteiger partial charge is 0.349 e. The van der Waals surface area contributed by atoms with Crippen LogP contribution in [0, 0.1) is 31.1 Å². The molecular weight excluding hydrogens is 384 g/mol. The van der Waals surface area contributed by atoms with Crippen LogP contribution in [0.4, 0.5) is 0 Å². The predicted molar refractivity (Wildman–Crippen MR) is 112 cm³/mol. The van der Waals surface area contributed by atoms with Crippen LogP contribution in [0.5, 0.6) is 0 Å². The van der Waals surface area contributed by atoms with Gasteiger partial charge in [-0.05, 0) is 56.7 Å². The summed E-state index contributed by atoms with van der Waals surface area (Å²) < 4.78 is 7.21. The number of esters is 1. The van der Waals surface area contributed by atoms with E-state index < -0.39 is 30.4 Å². The fraction of sp³-hybridized carbons (Fsp3) is 0.545. The molecule has 2 amide bonds. The Kier molecular flexibility index (Phi) is 7.81. The van der Waals surface area contributed by atoms with Crippen molar-refractivity contribution in [2.45, 2.75) is 59.5 Å². The Labute approximate surface area is 177 Å². The van der Waals surface area contributed by atoms with Gasteiger partial charge in [0.25, 0.3) is 5.91 Å². The van der Waals surface area contributed by atoms with Crippen molar-refractivity contribution in [1.29, 1.82) is 5.26 Å². The average Bonchev–Trinajstić information content (AvgIpc) is 2.96. The van der Waals surface area contributed by atoms with Gasteiger partial charge in [0.15, 0.2) is 6.61 Å². The first kappa shape index (κ1) is 23.2. The molecule has 8 heteroatoms. The molecule has 1 atom stereocenters. The van der Waals surface area contributed by atoms with E-state index in [-0.39, 0.29) is 5.57 Å². The molecular formula is C22H30N4O4. The molecule has 1 saturated heterocycles. The Morgan fingerprint density at radius 2 is 2.03 bits per heavy atom. The van der Waals surface area contributed by atoms with Gasteiger partial charge >= 0.3 is 5.97 Å². The maximum atomic E-state index is 12.4. The molecule has 1 fully saturated rings. The standard InChI is InChI=1S/C22H30N4O4/c1-14(2)12-26-15(3)9-17(16(26)4)10-18(11-23)22(29)30-13-20(27)25-8-6-5-7-19(25)21(24)28/h9-10,14,19H,5-8,12-13H2,1-4H3,(H2,24,28)/b18-10+/t19-/m0/s1. The second-order valence-corrected chi connectivity index (χ2v) is 8.08. The van der Waals surface area contributed by atoms with E-state index >= 15 is 0 Å². The number of nitrogens with two attached hydrogens (primary N) is 1. The number of primary amides is 1. The highest BCUT2D eigenvalue weighted by molar-refractivity contribution is 5.99. The molecule has 162 valence electrons. The van der Waals surface area contributed by atoms with Crippen LogP contribution < -0.4 is 5.73 Å². The van der Waals surface area contributed by atoms with Crippen molar-refractivity contribution in [1.82, 2.24) is 9.47 Å². The summed E-state index contributed by atoms with van der Waals surface area (Å²) in [7, 11) is 0. The molecule has 1 aliphatic heterocycles. The SMILES string of the molecule is Cc1cc(/C=C(\C#N)C(=O)OCC(=O)N2CCCC[C@H]2C(N)=O)c(C)n1CC(C)C. The minimum atomic E-state index is -0.868. The second-order valence-electron chi connectivity index (χ2n) is 8.08. The van der Waals surface area contributed by atoms with Crippen molar-refractivity contribution in [3.63, 3.8) is 0 Å². The van der Waals surface area contributed by atoms with E-state index in [1.165, 1.54) is 11.0 Å². The summed E-state index contributed by atoms with van der Waals surface area (Å²) in [6, 6.07) is 3.09. The molecule has 2 heterocycles. The van der Waals surface area contributed by atoms with Crippen LogP contribution in [0.15, 0.2) is 11.6 Å². The number of carbonyl (C=O) groups excluding carboxylic acids is 3. The van der Waals surface area contributed by atoms with Crippen LogP contribution in [-0.4, -0.2) is 46.4 Å². The Bertz CT molecular complexity index is 892. The normalized spacial score (nSPS) is 17.0. The van der Waals surface area contributed by atoms with E-state index in [1.807, 2.05) is 26.0 Å². The predicted octanol–water partition coefficient (Wildman–Crippen LogP) is 2.08. The van der Waals surface area contributed by atoms with E-state index in [1.54, 1.807) is 0 Å². The molecule has 0 radical (unpaired) electrons. The Morgan fingerprint density at radius 1 is 1.33 bits per heavy atom. The summed E-state index contributed by atoms with van der Waals surface area (Å²) in [4.78, 5) is 37.7. The number of ether oxygens (including phenoxy) is 1. The number of likely N-dealkylation sites (tertiary alicyclic amines) is 1. The topological polar surface area (TPSA) is 118 Å². The number of carbonyl (C=O) groups is 3. The minimum Gasteiger partial charge on any atom is -0.451 e. The van der Waals surface area contributed by atoms with E-state index in [9.17, 15) is 19.6 Å². The van der Waals surface area contributed by atoms with Gasteiger partial charge in [0.1, 0.15) is 17.7 Å².